The van der Waals surface area contributed by atoms with Crippen molar-refractivity contribution in [3.05, 3.63) is 86.4 Å². The quantitative estimate of drug-likeness (QED) is 0.234. The number of nitrogens with zero attached hydrogens (tertiary/aromatic N) is 3. The van der Waals surface area contributed by atoms with E-state index in [4.69, 9.17) is 11.6 Å². The SMILES string of the molecule is O=c1c2c(nc(-c3cc(F)c(F)cc3C3CC3)n1Cc1ccc(C(F)(F)F)nc1)sc1c(O)c(Cl)ccc12. The number of hydrogen-bond acceptors (Lipinski definition) is 5. The summed E-state index contributed by atoms with van der Waals surface area (Å²) >= 11 is 7.07. The van der Waals surface area contributed by atoms with Crippen LogP contribution in [0.15, 0.2) is 47.4 Å². The summed E-state index contributed by atoms with van der Waals surface area (Å²) < 4.78 is 69.3. The van der Waals surface area contributed by atoms with E-state index in [2.05, 4.69) is 9.97 Å². The Morgan fingerprint density at radius 1 is 1.11 bits per heavy atom. The highest BCUT2D eigenvalue weighted by Crippen LogP contribution is 2.46. The lowest BCUT2D eigenvalue weighted by Gasteiger charge is -2.16. The Morgan fingerprint density at radius 3 is 2.50 bits per heavy atom. The molecule has 12 heteroatoms. The van der Waals surface area contributed by atoms with Gasteiger partial charge < -0.3 is 5.11 Å². The maximum absolute atomic E-state index is 14.5. The molecule has 0 amide bonds. The van der Waals surface area contributed by atoms with Crippen molar-refractivity contribution in [2.45, 2.75) is 31.5 Å². The molecule has 5 nitrogen and oxygen atoms in total. The molecule has 0 bridgehead atoms. The number of rotatable bonds is 4. The Bertz CT molecular complexity index is 1810. The number of thiophene rings is 1. The zero-order valence-electron chi connectivity index (χ0n) is 19.1. The molecule has 38 heavy (non-hydrogen) atoms. The first-order chi connectivity index (χ1) is 18.0. The summed E-state index contributed by atoms with van der Waals surface area (Å²) in [4.78, 5) is 22.3. The standard InChI is InChI=1S/C26H15ClF5N3O2S/c27-16-5-4-13-20-24(38-22(13)21(16)36)34-23(15-8-18(29)17(28)7-14(15)12-2-3-12)35(25(20)37)10-11-1-6-19(33-9-11)26(30,31)32/h1,4-9,12,36H,2-3,10H2. The molecule has 5 aromatic rings. The van der Waals surface area contributed by atoms with Crippen LogP contribution in [0.3, 0.4) is 0 Å². The normalized spacial score (nSPS) is 14.1. The third-order valence-electron chi connectivity index (χ3n) is 6.49. The molecule has 1 aliphatic rings. The maximum Gasteiger partial charge on any atom is 0.433 e. The van der Waals surface area contributed by atoms with E-state index in [1.54, 1.807) is 6.07 Å². The van der Waals surface area contributed by atoms with Gasteiger partial charge in [-0.1, -0.05) is 23.7 Å². The Kier molecular flexibility index (Phi) is 5.69. The van der Waals surface area contributed by atoms with Crippen molar-refractivity contribution in [3.8, 4) is 17.1 Å². The van der Waals surface area contributed by atoms with Crippen LogP contribution in [-0.4, -0.2) is 19.6 Å². The predicted molar refractivity (Wildman–Crippen MR) is 134 cm³/mol. The average Bonchev–Trinajstić information content (AvgIpc) is 3.64. The van der Waals surface area contributed by atoms with Gasteiger partial charge in [-0.3, -0.25) is 14.3 Å². The summed E-state index contributed by atoms with van der Waals surface area (Å²) in [7, 11) is 0. The zero-order chi connectivity index (χ0) is 26.9. The van der Waals surface area contributed by atoms with Crippen LogP contribution in [0.4, 0.5) is 22.0 Å². The summed E-state index contributed by atoms with van der Waals surface area (Å²) in [5, 5.41) is 11.1. The molecule has 0 unspecified atom stereocenters. The van der Waals surface area contributed by atoms with E-state index in [-0.39, 0.29) is 50.4 Å². The van der Waals surface area contributed by atoms with Crippen LogP contribution >= 0.6 is 22.9 Å². The summed E-state index contributed by atoms with van der Waals surface area (Å²) in [5.41, 5.74) is -0.686. The second-order valence-corrected chi connectivity index (χ2v) is 10.5. The van der Waals surface area contributed by atoms with Gasteiger partial charge in [0.1, 0.15) is 16.3 Å². The molecule has 1 saturated carbocycles. The molecule has 0 aliphatic heterocycles. The maximum atomic E-state index is 14.5. The van der Waals surface area contributed by atoms with Crippen LogP contribution in [0.2, 0.25) is 5.02 Å². The monoisotopic (exact) mass is 563 g/mol. The van der Waals surface area contributed by atoms with E-state index in [0.717, 1.165) is 48.6 Å². The second-order valence-electron chi connectivity index (χ2n) is 9.06. The minimum atomic E-state index is -4.63. The number of alkyl halides is 3. The Balaban J connectivity index is 1.63. The van der Waals surface area contributed by atoms with Crippen molar-refractivity contribution in [1.29, 1.82) is 0 Å². The van der Waals surface area contributed by atoms with Gasteiger partial charge in [0.15, 0.2) is 17.4 Å². The van der Waals surface area contributed by atoms with E-state index in [1.807, 2.05) is 0 Å². The molecule has 2 aromatic carbocycles. The number of benzene rings is 2. The minimum absolute atomic E-state index is 0.0281. The summed E-state index contributed by atoms with van der Waals surface area (Å²) in [6, 6.07) is 7.08. The average molecular weight is 564 g/mol. The lowest BCUT2D eigenvalue weighted by atomic mass is 10.0. The fourth-order valence-electron chi connectivity index (χ4n) is 4.49. The third kappa shape index (κ3) is 4.10. The number of phenols is 1. The highest BCUT2D eigenvalue weighted by Gasteiger charge is 2.33. The molecule has 6 rings (SSSR count). The molecular formula is C26H15ClF5N3O2S. The topological polar surface area (TPSA) is 68.0 Å². The van der Waals surface area contributed by atoms with Gasteiger partial charge >= 0.3 is 6.18 Å². The number of hydrogen-bond donors (Lipinski definition) is 1. The zero-order valence-corrected chi connectivity index (χ0v) is 20.7. The van der Waals surface area contributed by atoms with E-state index in [0.29, 0.717) is 15.6 Å². The Labute approximate surface area is 219 Å². The summed E-state index contributed by atoms with van der Waals surface area (Å²) in [5.74, 6) is -2.39. The molecular weight excluding hydrogens is 549 g/mol. The van der Waals surface area contributed by atoms with Crippen molar-refractivity contribution < 1.29 is 27.1 Å². The van der Waals surface area contributed by atoms with Crippen LogP contribution in [0.25, 0.3) is 31.7 Å². The molecule has 1 N–H and O–H groups in total. The Hall–Kier alpha value is -3.57. The number of pyridine rings is 1. The van der Waals surface area contributed by atoms with Gasteiger partial charge in [-0.15, -0.1) is 11.3 Å². The number of halogens is 6. The van der Waals surface area contributed by atoms with E-state index >= 15 is 0 Å². The van der Waals surface area contributed by atoms with Crippen LogP contribution in [0.5, 0.6) is 5.75 Å². The van der Waals surface area contributed by atoms with Gasteiger partial charge in [0.05, 0.1) is 21.7 Å². The third-order valence-corrected chi connectivity index (χ3v) is 7.90. The summed E-state index contributed by atoms with van der Waals surface area (Å²) in [6.07, 6.45) is -2.12. The molecule has 0 radical (unpaired) electrons. The van der Waals surface area contributed by atoms with Crippen molar-refractivity contribution >= 4 is 43.2 Å². The minimum Gasteiger partial charge on any atom is -0.505 e. The lowest BCUT2D eigenvalue weighted by Crippen LogP contribution is -2.24. The van der Waals surface area contributed by atoms with Gasteiger partial charge in [-0.25, -0.2) is 13.8 Å². The number of aromatic nitrogens is 3. The Morgan fingerprint density at radius 2 is 1.84 bits per heavy atom. The molecule has 0 atom stereocenters. The number of phenolic OH excluding ortho intramolecular Hbond substituents is 1. The van der Waals surface area contributed by atoms with Gasteiger partial charge in [-0.2, -0.15) is 13.2 Å². The van der Waals surface area contributed by atoms with Crippen molar-refractivity contribution in [2.75, 3.05) is 0 Å². The van der Waals surface area contributed by atoms with Gasteiger partial charge in [0, 0.05) is 17.1 Å². The summed E-state index contributed by atoms with van der Waals surface area (Å²) in [6.45, 7) is -0.234. The number of aromatic hydroxyl groups is 1. The lowest BCUT2D eigenvalue weighted by molar-refractivity contribution is -0.141. The smallest absolute Gasteiger partial charge is 0.433 e. The van der Waals surface area contributed by atoms with Crippen LogP contribution in [0.1, 0.15) is 35.6 Å². The molecule has 194 valence electrons. The molecule has 3 heterocycles. The molecule has 1 aliphatic carbocycles. The molecule has 0 saturated heterocycles. The first-order valence-corrected chi connectivity index (χ1v) is 12.6. The highest BCUT2D eigenvalue weighted by atomic mass is 35.5. The first-order valence-electron chi connectivity index (χ1n) is 11.4. The van der Waals surface area contributed by atoms with Crippen molar-refractivity contribution in [2.24, 2.45) is 0 Å². The first kappa shape index (κ1) is 24.7. The van der Waals surface area contributed by atoms with Gasteiger partial charge in [0.2, 0.25) is 0 Å². The van der Waals surface area contributed by atoms with Crippen molar-refractivity contribution in [1.82, 2.24) is 14.5 Å². The fourth-order valence-corrected chi connectivity index (χ4v) is 5.82. The van der Waals surface area contributed by atoms with E-state index < -0.39 is 29.1 Å². The molecule has 1 fully saturated rings. The van der Waals surface area contributed by atoms with Gasteiger partial charge in [-0.05, 0) is 54.2 Å². The van der Waals surface area contributed by atoms with Crippen molar-refractivity contribution in [3.63, 3.8) is 0 Å². The van der Waals surface area contributed by atoms with Gasteiger partial charge in [0.25, 0.3) is 5.56 Å². The predicted octanol–water partition coefficient (Wildman–Crippen LogP) is 7.25. The van der Waals surface area contributed by atoms with Crippen LogP contribution in [0, 0.1) is 11.6 Å². The largest absolute Gasteiger partial charge is 0.505 e. The molecule has 0 spiro atoms. The van der Waals surface area contributed by atoms with E-state index in [9.17, 15) is 31.9 Å². The highest BCUT2D eigenvalue weighted by molar-refractivity contribution is 7.25. The molecule has 3 aromatic heterocycles. The van der Waals surface area contributed by atoms with E-state index in [1.165, 1.54) is 16.7 Å². The second kappa shape index (κ2) is 8.74. The number of fused-ring (bicyclic) bond motifs is 3. The fraction of sp³-hybridized carbons (Fsp3) is 0.192. The van der Waals surface area contributed by atoms with Crippen LogP contribution in [-0.2, 0) is 12.7 Å². The van der Waals surface area contributed by atoms with Crippen LogP contribution < -0.4 is 5.56 Å².